The molecule has 0 spiro atoms. The summed E-state index contributed by atoms with van der Waals surface area (Å²) >= 11 is 0. The largest absolute Gasteiger partial charge is 0.497 e. The van der Waals surface area contributed by atoms with Crippen LogP contribution in [0.15, 0.2) is 65.6 Å². The van der Waals surface area contributed by atoms with Gasteiger partial charge in [-0.15, -0.1) is 0 Å². The molecule has 2 atom stereocenters. The van der Waals surface area contributed by atoms with E-state index in [4.69, 9.17) is 23.7 Å². The Bertz CT molecular complexity index is 1240. The zero-order valence-electron chi connectivity index (χ0n) is 19.0. The summed E-state index contributed by atoms with van der Waals surface area (Å²) in [6.45, 7) is -0.0938. The Morgan fingerprint density at radius 3 is 2.23 bits per heavy atom. The molecule has 3 aromatic rings. The van der Waals surface area contributed by atoms with Crippen LogP contribution in [0.25, 0.3) is 0 Å². The van der Waals surface area contributed by atoms with Gasteiger partial charge in [0.2, 0.25) is 0 Å². The van der Waals surface area contributed by atoms with Gasteiger partial charge in [0, 0.05) is 11.8 Å². The fourth-order valence-electron chi connectivity index (χ4n) is 3.26. The number of anilines is 1. The molecule has 4 rings (SSSR count). The maximum atomic E-state index is 12.5. The Kier molecular flexibility index (Phi) is 7.38. The van der Waals surface area contributed by atoms with Crippen LogP contribution in [0.4, 0.5) is 5.82 Å². The number of nitrogens with zero attached hydrogens (tertiary/aromatic N) is 2. The highest BCUT2D eigenvalue weighted by atomic mass is 16.7. The van der Waals surface area contributed by atoms with Gasteiger partial charge in [-0.2, -0.15) is 4.98 Å². The lowest BCUT2D eigenvalue weighted by molar-refractivity contribution is -0.103. The molecule has 1 N–H and O–H groups in total. The van der Waals surface area contributed by atoms with Crippen LogP contribution in [0.2, 0.25) is 0 Å². The predicted molar refractivity (Wildman–Crippen MR) is 123 cm³/mol. The molecule has 1 fully saturated rings. The van der Waals surface area contributed by atoms with E-state index in [0.717, 1.165) is 0 Å². The number of benzene rings is 2. The smallest absolute Gasteiger partial charge is 0.351 e. The summed E-state index contributed by atoms with van der Waals surface area (Å²) in [6.07, 6.45) is -0.159. The van der Waals surface area contributed by atoms with Crippen molar-refractivity contribution in [2.24, 2.45) is 0 Å². The van der Waals surface area contributed by atoms with Crippen LogP contribution in [-0.4, -0.2) is 55.2 Å². The lowest BCUT2D eigenvalue weighted by Crippen LogP contribution is -2.29. The highest BCUT2D eigenvalue weighted by Crippen LogP contribution is 2.21. The standard InChI is InChI=1S/C24H23N3O8/c1-31-17-7-3-15(4-8-17)22(28)25-19-11-12-27(24(30)26-19)20-13-33-21(35-20)14-34-23(29)16-5-9-18(32-2)10-6-16/h3-12,20-21H,13-14H2,1-2H3,(H,25,26,28,30)/t20-,21-/m0/s1. The van der Waals surface area contributed by atoms with Gasteiger partial charge in [0.25, 0.3) is 5.91 Å². The van der Waals surface area contributed by atoms with Gasteiger partial charge in [-0.1, -0.05) is 0 Å². The van der Waals surface area contributed by atoms with Crippen LogP contribution in [-0.2, 0) is 14.2 Å². The molecule has 2 heterocycles. The van der Waals surface area contributed by atoms with Crippen molar-refractivity contribution >= 4 is 17.7 Å². The highest BCUT2D eigenvalue weighted by molar-refractivity contribution is 6.03. The topological polar surface area (TPSA) is 127 Å². The number of methoxy groups -OCH3 is 2. The minimum Gasteiger partial charge on any atom is -0.497 e. The van der Waals surface area contributed by atoms with E-state index in [0.29, 0.717) is 22.6 Å². The summed E-state index contributed by atoms with van der Waals surface area (Å²) in [4.78, 5) is 40.9. The summed E-state index contributed by atoms with van der Waals surface area (Å²) in [5.41, 5.74) is 0.103. The molecular formula is C24H23N3O8. The summed E-state index contributed by atoms with van der Waals surface area (Å²) in [5, 5.41) is 2.58. The van der Waals surface area contributed by atoms with Crippen LogP contribution >= 0.6 is 0 Å². The predicted octanol–water partition coefficient (Wildman–Crippen LogP) is 2.24. The van der Waals surface area contributed by atoms with Crippen LogP contribution < -0.4 is 20.5 Å². The van der Waals surface area contributed by atoms with Crippen molar-refractivity contribution in [1.29, 1.82) is 0 Å². The van der Waals surface area contributed by atoms with Crippen LogP contribution in [0, 0.1) is 0 Å². The average molecular weight is 481 g/mol. The monoisotopic (exact) mass is 481 g/mol. The number of aromatic nitrogens is 2. The molecule has 1 aliphatic rings. The van der Waals surface area contributed by atoms with Crippen molar-refractivity contribution in [2.45, 2.75) is 12.5 Å². The molecule has 11 nitrogen and oxygen atoms in total. The van der Waals surface area contributed by atoms with Crippen LogP contribution in [0.3, 0.4) is 0 Å². The van der Waals surface area contributed by atoms with Gasteiger partial charge >= 0.3 is 11.7 Å². The van der Waals surface area contributed by atoms with Crippen LogP contribution in [0.5, 0.6) is 11.5 Å². The summed E-state index contributed by atoms with van der Waals surface area (Å²) in [6, 6.07) is 14.5. The maximum Gasteiger partial charge on any atom is 0.351 e. The van der Waals surface area contributed by atoms with Gasteiger partial charge in [-0.25, -0.2) is 9.59 Å². The van der Waals surface area contributed by atoms with Gasteiger partial charge in [0.15, 0.2) is 12.5 Å². The second-order valence-electron chi connectivity index (χ2n) is 7.37. The maximum absolute atomic E-state index is 12.5. The lowest BCUT2D eigenvalue weighted by atomic mass is 10.2. The molecule has 0 bridgehead atoms. The Labute approximate surface area is 200 Å². The molecule has 2 aromatic carbocycles. The van der Waals surface area contributed by atoms with Gasteiger partial charge in [-0.3, -0.25) is 9.36 Å². The van der Waals surface area contributed by atoms with Crippen molar-refractivity contribution in [3.8, 4) is 11.5 Å². The normalized spacial score (nSPS) is 17.0. The minimum atomic E-state index is -0.844. The molecule has 1 amide bonds. The first-order valence-electron chi connectivity index (χ1n) is 10.6. The Balaban J connectivity index is 1.31. The Morgan fingerprint density at radius 2 is 1.63 bits per heavy atom. The van der Waals surface area contributed by atoms with E-state index in [1.807, 2.05) is 0 Å². The molecule has 0 saturated carbocycles. The third-order valence-corrected chi connectivity index (χ3v) is 5.14. The molecule has 11 heteroatoms. The molecule has 0 aliphatic carbocycles. The molecule has 182 valence electrons. The third-order valence-electron chi connectivity index (χ3n) is 5.14. The number of hydrogen-bond acceptors (Lipinski definition) is 9. The van der Waals surface area contributed by atoms with Crippen molar-refractivity contribution in [2.75, 3.05) is 32.8 Å². The van der Waals surface area contributed by atoms with E-state index in [2.05, 4.69) is 10.3 Å². The first-order valence-corrected chi connectivity index (χ1v) is 10.6. The second kappa shape index (κ2) is 10.8. The zero-order valence-corrected chi connectivity index (χ0v) is 19.0. The molecule has 1 saturated heterocycles. The zero-order chi connectivity index (χ0) is 24.8. The molecule has 0 radical (unpaired) electrons. The fourth-order valence-corrected chi connectivity index (χ4v) is 3.26. The summed E-state index contributed by atoms with van der Waals surface area (Å²) in [7, 11) is 3.07. The third kappa shape index (κ3) is 5.83. The van der Waals surface area contributed by atoms with Crippen molar-refractivity contribution in [3.63, 3.8) is 0 Å². The first-order chi connectivity index (χ1) is 17.0. The number of carbonyl (C=O) groups excluding carboxylic acids is 2. The second-order valence-corrected chi connectivity index (χ2v) is 7.37. The Hall–Kier alpha value is -4.22. The summed E-state index contributed by atoms with van der Waals surface area (Å²) < 4.78 is 27.7. The average Bonchev–Trinajstić information content (AvgIpc) is 3.36. The van der Waals surface area contributed by atoms with E-state index >= 15 is 0 Å². The molecule has 1 aliphatic heterocycles. The highest BCUT2D eigenvalue weighted by Gasteiger charge is 2.29. The van der Waals surface area contributed by atoms with Gasteiger partial charge < -0.3 is 29.0 Å². The number of carbonyl (C=O) groups is 2. The van der Waals surface area contributed by atoms with E-state index in [1.165, 1.54) is 31.0 Å². The quantitative estimate of drug-likeness (QED) is 0.482. The molecule has 35 heavy (non-hydrogen) atoms. The van der Waals surface area contributed by atoms with Crippen molar-refractivity contribution in [1.82, 2.24) is 9.55 Å². The molecule has 1 aromatic heterocycles. The number of rotatable bonds is 8. The van der Waals surface area contributed by atoms with Crippen LogP contribution in [0.1, 0.15) is 26.9 Å². The van der Waals surface area contributed by atoms with E-state index in [-0.39, 0.29) is 19.0 Å². The summed E-state index contributed by atoms with van der Waals surface area (Å²) in [5.74, 6) is 0.374. The van der Waals surface area contributed by atoms with Crippen molar-refractivity contribution < 1.29 is 33.3 Å². The number of amides is 1. The van der Waals surface area contributed by atoms with E-state index < -0.39 is 30.1 Å². The minimum absolute atomic E-state index is 0.0594. The number of ether oxygens (including phenoxy) is 5. The fraction of sp³-hybridized carbons (Fsp3) is 0.250. The number of hydrogen-bond donors (Lipinski definition) is 1. The first kappa shape index (κ1) is 23.9. The number of nitrogens with one attached hydrogen (secondary N) is 1. The lowest BCUT2D eigenvalue weighted by Gasteiger charge is -2.14. The SMILES string of the molecule is COc1ccc(C(=O)Nc2ccn([C@@H]3CO[C@H](COC(=O)c4ccc(OC)cc4)O3)c(=O)n2)cc1. The van der Waals surface area contributed by atoms with E-state index in [1.54, 1.807) is 48.5 Å². The Morgan fingerprint density at radius 1 is 1.00 bits per heavy atom. The number of esters is 1. The molecular weight excluding hydrogens is 458 g/mol. The van der Waals surface area contributed by atoms with E-state index in [9.17, 15) is 14.4 Å². The van der Waals surface area contributed by atoms with Gasteiger partial charge in [-0.05, 0) is 54.6 Å². The van der Waals surface area contributed by atoms with Gasteiger partial charge in [0.1, 0.15) is 23.9 Å². The molecule has 0 unspecified atom stereocenters. The van der Waals surface area contributed by atoms with Crippen molar-refractivity contribution in [3.05, 3.63) is 82.4 Å². The van der Waals surface area contributed by atoms with Gasteiger partial charge in [0.05, 0.1) is 26.4 Å².